The van der Waals surface area contributed by atoms with E-state index in [1.54, 1.807) is 18.2 Å². The fourth-order valence-corrected chi connectivity index (χ4v) is 2.39. The van der Waals surface area contributed by atoms with E-state index in [2.05, 4.69) is 6.92 Å². The van der Waals surface area contributed by atoms with Crippen molar-refractivity contribution >= 4 is 17.3 Å². The molecule has 0 spiro atoms. The molecular weight excluding hydrogens is 222 g/mol. The number of nitrogen functional groups attached to an aromatic ring is 1. The minimum atomic E-state index is 0.287. The molecule has 1 fully saturated rings. The highest BCUT2D eigenvalue weighted by atomic mass is 35.5. The van der Waals surface area contributed by atoms with Crippen LogP contribution >= 0.6 is 11.6 Å². The number of hydrogen-bond acceptors (Lipinski definition) is 2. The number of hydrogen-bond donors (Lipinski definition) is 1. The zero-order chi connectivity index (χ0) is 11.5. The summed E-state index contributed by atoms with van der Waals surface area (Å²) < 4.78 is 5.97. The maximum atomic E-state index is 5.97. The molecule has 2 atom stereocenters. The lowest BCUT2D eigenvalue weighted by Gasteiger charge is -2.29. The maximum Gasteiger partial charge on any atom is 0.144 e. The molecule has 2 unspecified atom stereocenters. The third-order valence-corrected chi connectivity index (χ3v) is 3.52. The molecule has 0 bridgehead atoms. The van der Waals surface area contributed by atoms with Crippen molar-refractivity contribution in [3.63, 3.8) is 0 Å². The number of ether oxygens (including phenoxy) is 1. The zero-order valence-electron chi connectivity index (χ0n) is 9.58. The predicted octanol–water partition coefficient (Wildman–Crippen LogP) is 3.88. The maximum absolute atomic E-state index is 5.97. The number of halogens is 1. The van der Waals surface area contributed by atoms with Gasteiger partial charge in [-0.3, -0.25) is 0 Å². The van der Waals surface area contributed by atoms with Gasteiger partial charge in [-0.2, -0.15) is 0 Å². The summed E-state index contributed by atoms with van der Waals surface area (Å²) in [4.78, 5) is 0. The Labute approximate surface area is 102 Å². The normalized spacial score (nSPS) is 25.4. The molecular formula is C13H18ClNO. The Morgan fingerprint density at radius 3 is 2.81 bits per heavy atom. The first kappa shape index (κ1) is 11.6. The second-order valence-corrected chi connectivity index (χ2v) is 5.04. The van der Waals surface area contributed by atoms with Gasteiger partial charge in [-0.1, -0.05) is 24.9 Å². The van der Waals surface area contributed by atoms with Crippen molar-refractivity contribution in [1.29, 1.82) is 0 Å². The number of anilines is 1. The lowest BCUT2D eigenvalue weighted by atomic mass is 9.88. The van der Waals surface area contributed by atoms with Crippen LogP contribution in [0, 0.1) is 5.92 Å². The highest BCUT2D eigenvalue weighted by Gasteiger charge is 2.23. The molecule has 1 aromatic carbocycles. The van der Waals surface area contributed by atoms with Gasteiger partial charge < -0.3 is 10.5 Å². The van der Waals surface area contributed by atoms with Crippen molar-refractivity contribution in [2.24, 2.45) is 5.92 Å². The fraction of sp³-hybridized carbons (Fsp3) is 0.538. The van der Waals surface area contributed by atoms with Crippen LogP contribution < -0.4 is 10.5 Å². The van der Waals surface area contributed by atoms with E-state index in [0.29, 0.717) is 16.6 Å². The summed E-state index contributed by atoms with van der Waals surface area (Å²) in [6.45, 7) is 2.24. The topological polar surface area (TPSA) is 35.2 Å². The van der Waals surface area contributed by atoms with Gasteiger partial charge >= 0.3 is 0 Å². The van der Waals surface area contributed by atoms with Gasteiger partial charge in [0.1, 0.15) is 11.9 Å². The van der Waals surface area contributed by atoms with Crippen LogP contribution in [0.25, 0.3) is 0 Å². The molecule has 0 saturated heterocycles. The molecule has 16 heavy (non-hydrogen) atoms. The lowest BCUT2D eigenvalue weighted by molar-refractivity contribution is 0.103. The highest BCUT2D eigenvalue weighted by Crippen LogP contribution is 2.32. The molecule has 0 aliphatic heterocycles. The molecule has 1 aliphatic rings. The first-order valence-electron chi connectivity index (χ1n) is 5.88. The largest absolute Gasteiger partial charge is 0.488 e. The van der Waals surface area contributed by atoms with E-state index in [1.807, 2.05) is 0 Å². The number of benzene rings is 1. The van der Waals surface area contributed by atoms with Crippen LogP contribution in [-0.4, -0.2) is 6.10 Å². The number of rotatable bonds is 2. The third kappa shape index (κ3) is 2.62. The van der Waals surface area contributed by atoms with E-state index in [-0.39, 0.29) is 6.10 Å². The summed E-state index contributed by atoms with van der Waals surface area (Å²) in [5, 5.41) is 0.674. The summed E-state index contributed by atoms with van der Waals surface area (Å²) in [5.74, 6) is 1.33. The van der Waals surface area contributed by atoms with Crippen LogP contribution in [0.1, 0.15) is 32.6 Å². The van der Waals surface area contributed by atoms with E-state index >= 15 is 0 Å². The van der Waals surface area contributed by atoms with Gasteiger partial charge in [-0.05, 0) is 37.3 Å². The fourth-order valence-electron chi connectivity index (χ4n) is 2.23. The Bertz CT molecular complexity index is 367. The van der Waals surface area contributed by atoms with Gasteiger partial charge in [-0.15, -0.1) is 0 Å². The average molecular weight is 240 g/mol. The van der Waals surface area contributed by atoms with E-state index in [0.717, 1.165) is 12.2 Å². The minimum absolute atomic E-state index is 0.287. The van der Waals surface area contributed by atoms with Crippen LogP contribution in [0.3, 0.4) is 0 Å². The monoisotopic (exact) mass is 239 g/mol. The Balaban J connectivity index is 2.10. The number of nitrogens with two attached hydrogens (primary N) is 1. The van der Waals surface area contributed by atoms with Crippen LogP contribution in [0.5, 0.6) is 5.75 Å². The van der Waals surface area contributed by atoms with Gasteiger partial charge in [0.05, 0.1) is 5.69 Å². The zero-order valence-corrected chi connectivity index (χ0v) is 10.3. The molecule has 0 radical (unpaired) electrons. The van der Waals surface area contributed by atoms with Gasteiger partial charge in [0, 0.05) is 11.1 Å². The Morgan fingerprint density at radius 2 is 2.06 bits per heavy atom. The molecule has 0 aromatic heterocycles. The van der Waals surface area contributed by atoms with Crippen molar-refractivity contribution < 1.29 is 4.74 Å². The van der Waals surface area contributed by atoms with Gasteiger partial charge in [0.15, 0.2) is 0 Å². The quantitative estimate of drug-likeness (QED) is 0.795. The summed E-state index contributed by atoms with van der Waals surface area (Å²) in [6, 6.07) is 5.39. The second-order valence-electron chi connectivity index (χ2n) is 4.60. The molecule has 88 valence electrons. The first-order chi connectivity index (χ1) is 7.66. The molecule has 3 heteroatoms. The van der Waals surface area contributed by atoms with E-state index < -0.39 is 0 Å². The van der Waals surface area contributed by atoms with Gasteiger partial charge in [0.2, 0.25) is 0 Å². The van der Waals surface area contributed by atoms with E-state index in [1.165, 1.54) is 19.3 Å². The van der Waals surface area contributed by atoms with Crippen molar-refractivity contribution in [1.82, 2.24) is 0 Å². The van der Waals surface area contributed by atoms with Crippen molar-refractivity contribution in [2.75, 3.05) is 5.73 Å². The van der Waals surface area contributed by atoms with Crippen LogP contribution in [0.4, 0.5) is 5.69 Å². The van der Waals surface area contributed by atoms with Crippen LogP contribution in [0.2, 0.25) is 5.02 Å². The summed E-state index contributed by atoms with van der Waals surface area (Å²) in [6.07, 6.45) is 5.20. The van der Waals surface area contributed by atoms with Crippen LogP contribution in [-0.2, 0) is 0 Å². The summed E-state index contributed by atoms with van der Waals surface area (Å²) in [5.41, 5.74) is 6.54. The standard InChI is InChI=1S/C13H18ClNO/c1-9-4-2-3-5-12(9)16-13-8-10(14)6-7-11(13)15/h6-9,12H,2-5,15H2,1H3. The molecule has 2 N–H and O–H groups in total. The summed E-state index contributed by atoms with van der Waals surface area (Å²) in [7, 11) is 0. The second kappa shape index (κ2) is 4.96. The molecule has 1 aliphatic carbocycles. The predicted molar refractivity (Wildman–Crippen MR) is 67.9 cm³/mol. The Kier molecular flexibility index (Phi) is 3.59. The third-order valence-electron chi connectivity index (χ3n) is 3.29. The van der Waals surface area contributed by atoms with Crippen molar-refractivity contribution in [3.05, 3.63) is 23.2 Å². The van der Waals surface area contributed by atoms with Gasteiger partial charge in [0.25, 0.3) is 0 Å². The van der Waals surface area contributed by atoms with E-state index in [4.69, 9.17) is 22.1 Å². The smallest absolute Gasteiger partial charge is 0.144 e. The average Bonchev–Trinajstić information content (AvgIpc) is 2.27. The molecule has 2 rings (SSSR count). The molecule has 0 amide bonds. The molecule has 1 aromatic rings. The minimum Gasteiger partial charge on any atom is -0.488 e. The Morgan fingerprint density at radius 1 is 1.31 bits per heavy atom. The Hall–Kier alpha value is -0.890. The molecule has 2 nitrogen and oxygen atoms in total. The first-order valence-corrected chi connectivity index (χ1v) is 6.26. The summed E-state index contributed by atoms with van der Waals surface area (Å²) >= 11 is 5.94. The van der Waals surface area contributed by atoms with Crippen molar-refractivity contribution in [2.45, 2.75) is 38.7 Å². The highest BCUT2D eigenvalue weighted by molar-refractivity contribution is 6.30. The van der Waals surface area contributed by atoms with Crippen LogP contribution in [0.15, 0.2) is 18.2 Å². The molecule has 1 saturated carbocycles. The SMILES string of the molecule is CC1CCCCC1Oc1cc(Cl)ccc1N. The van der Waals surface area contributed by atoms with Gasteiger partial charge in [-0.25, -0.2) is 0 Å². The van der Waals surface area contributed by atoms with Crippen molar-refractivity contribution in [3.8, 4) is 5.75 Å². The van der Waals surface area contributed by atoms with E-state index in [9.17, 15) is 0 Å². The molecule has 0 heterocycles. The lowest BCUT2D eigenvalue weighted by Crippen LogP contribution is -2.28.